The second-order valence-electron chi connectivity index (χ2n) is 4.83. The van der Waals surface area contributed by atoms with E-state index in [0.29, 0.717) is 17.8 Å². The highest BCUT2D eigenvalue weighted by Gasteiger charge is 2.20. The molecule has 1 aliphatic heterocycles. The molecule has 0 bridgehead atoms. The van der Waals surface area contributed by atoms with Crippen molar-refractivity contribution in [2.24, 2.45) is 0 Å². The van der Waals surface area contributed by atoms with Crippen LogP contribution in [0.2, 0.25) is 0 Å². The van der Waals surface area contributed by atoms with E-state index in [9.17, 15) is 0 Å². The van der Waals surface area contributed by atoms with Crippen molar-refractivity contribution in [2.45, 2.75) is 25.4 Å². The normalized spacial score (nSPS) is 17.9. The first-order valence-electron chi connectivity index (χ1n) is 6.61. The average Bonchev–Trinajstić information content (AvgIpc) is 3.10. The van der Waals surface area contributed by atoms with Crippen LogP contribution in [0.4, 0.5) is 0 Å². The summed E-state index contributed by atoms with van der Waals surface area (Å²) in [5.74, 6) is 1.42. The number of rotatable bonds is 4. The van der Waals surface area contributed by atoms with E-state index < -0.39 is 0 Å². The Morgan fingerprint density at radius 2 is 2.32 bits per heavy atom. The smallest absolute Gasteiger partial charge is 0.241 e. The standard InChI is InChI=1S/C13H18N4OS/c1-14-10-4-6-17(7-5-10)9-12-15-13(16-18-12)11-3-2-8-19-11/h2-3,8,10,14H,4-7,9H2,1H3. The topological polar surface area (TPSA) is 54.2 Å². The van der Waals surface area contributed by atoms with Crippen LogP contribution in [0.15, 0.2) is 22.0 Å². The second-order valence-corrected chi connectivity index (χ2v) is 5.78. The molecule has 6 heteroatoms. The maximum Gasteiger partial charge on any atom is 0.241 e. The SMILES string of the molecule is CNC1CCN(Cc2nc(-c3cccs3)no2)CC1. The Kier molecular flexibility index (Phi) is 3.91. The molecule has 0 saturated carbocycles. The van der Waals surface area contributed by atoms with Crippen LogP contribution < -0.4 is 5.32 Å². The Morgan fingerprint density at radius 3 is 3.00 bits per heavy atom. The Balaban J connectivity index is 1.59. The summed E-state index contributed by atoms with van der Waals surface area (Å²) in [6.45, 7) is 2.93. The molecule has 5 nitrogen and oxygen atoms in total. The zero-order valence-corrected chi connectivity index (χ0v) is 11.8. The van der Waals surface area contributed by atoms with E-state index in [1.807, 2.05) is 24.6 Å². The molecule has 0 aromatic carbocycles. The molecule has 1 fully saturated rings. The average molecular weight is 278 g/mol. The van der Waals surface area contributed by atoms with Gasteiger partial charge in [0.05, 0.1) is 11.4 Å². The van der Waals surface area contributed by atoms with Gasteiger partial charge in [-0.2, -0.15) is 4.98 Å². The molecule has 0 aliphatic carbocycles. The van der Waals surface area contributed by atoms with Crippen LogP contribution in [0.1, 0.15) is 18.7 Å². The Bertz CT molecular complexity index is 502. The predicted octanol–water partition coefficient (Wildman–Crippen LogP) is 1.98. The molecule has 0 spiro atoms. The zero-order chi connectivity index (χ0) is 13.1. The molecule has 1 saturated heterocycles. The molecule has 0 unspecified atom stereocenters. The van der Waals surface area contributed by atoms with E-state index in [4.69, 9.17) is 4.52 Å². The second kappa shape index (κ2) is 5.81. The molecule has 2 aromatic rings. The minimum Gasteiger partial charge on any atom is -0.338 e. The molecule has 2 aromatic heterocycles. The molecule has 102 valence electrons. The van der Waals surface area contributed by atoms with Crippen LogP contribution in [0.25, 0.3) is 10.7 Å². The van der Waals surface area contributed by atoms with Crippen LogP contribution in [-0.4, -0.2) is 41.2 Å². The lowest BCUT2D eigenvalue weighted by atomic mass is 10.1. The van der Waals surface area contributed by atoms with Gasteiger partial charge >= 0.3 is 0 Å². The van der Waals surface area contributed by atoms with E-state index in [-0.39, 0.29) is 0 Å². The van der Waals surface area contributed by atoms with Gasteiger partial charge in [-0.05, 0) is 31.3 Å². The third kappa shape index (κ3) is 3.02. The Morgan fingerprint density at radius 1 is 1.47 bits per heavy atom. The number of likely N-dealkylation sites (tertiary alicyclic amines) is 1. The highest BCUT2D eigenvalue weighted by molar-refractivity contribution is 7.13. The van der Waals surface area contributed by atoms with Crippen LogP contribution in [0.5, 0.6) is 0 Å². The van der Waals surface area contributed by atoms with Crippen molar-refractivity contribution >= 4 is 11.3 Å². The van der Waals surface area contributed by atoms with Crippen LogP contribution >= 0.6 is 11.3 Å². The Hall–Kier alpha value is -1.24. The fourth-order valence-electron chi connectivity index (χ4n) is 2.40. The minimum absolute atomic E-state index is 0.653. The van der Waals surface area contributed by atoms with Crippen molar-refractivity contribution in [3.8, 4) is 10.7 Å². The molecular formula is C13H18N4OS. The molecule has 1 N–H and O–H groups in total. The maximum atomic E-state index is 5.33. The van der Waals surface area contributed by atoms with E-state index in [2.05, 4.69) is 20.4 Å². The molecular weight excluding hydrogens is 260 g/mol. The summed E-state index contributed by atoms with van der Waals surface area (Å²) in [5, 5.41) is 9.40. The summed E-state index contributed by atoms with van der Waals surface area (Å²) < 4.78 is 5.33. The number of piperidine rings is 1. The largest absolute Gasteiger partial charge is 0.338 e. The predicted molar refractivity (Wildman–Crippen MR) is 75.0 cm³/mol. The van der Waals surface area contributed by atoms with E-state index >= 15 is 0 Å². The lowest BCUT2D eigenvalue weighted by Gasteiger charge is -2.30. The van der Waals surface area contributed by atoms with Crippen molar-refractivity contribution in [1.29, 1.82) is 0 Å². The molecule has 1 aliphatic rings. The van der Waals surface area contributed by atoms with Crippen molar-refractivity contribution in [1.82, 2.24) is 20.4 Å². The van der Waals surface area contributed by atoms with Crippen molar-refractivity contribution in [2.75, 3.05) is 20.1 Å². The third-order valence-corrected chi connectivity index (χ3v) is 4.43. The van der Waals surface area contributed by atoms with Gasteiger partial charge in [0.1, 0.15) is 0 Å². The minimum atomic E-state index is 0.653. The lowest BCUT2D eigenvalue weighted by molar-refractivity contribution is 0.173. The zero-order valence-electron chi connectivity index (χ0n) is 11.0. The van der Waals surface area contributed by atoms with Crippen LogP contribution in [0.3, 0.4) is 0 Å². The quantitative estimate of drug-likeness (QED) is 0.927. The van der Waals surface area contributed by atoms with Gasteiger partial charge in [0.25, 0.3) is 0 Å². The summed E-state index contributed by atoms with van der Waals surface area (Å²) in [6, 6.07) is 4.66. The van der Waals surface area contributed by atoms with Crippen LogP contribution in [0, 0.1) is 0 Å². The van der Waals surface area contributed by atoms with E-state index in [1.54, 1.807) is 11.3 Å². The number of aromatic nitrogens is 2. The molecule has 19 heavy (non-hydrogen) atoms. The number of nitrogens with zero attached hydrogens (tertiary/aromatic N) is 3. The van der Waals surface area contributed by atoms with Gasteiger partial charge in [-0.3, -0.25) is 4.90 Å². The van der Waals surface area contributed by atoms with Gasteiger partial charge < -0.3 is 9.84 Å². The van der Waals surface area contributed by atoms with Crippen molar-refractivity contribution in [3.05, 3.63) is 23.4 Å². The van der Waals surface area contributed by atoms with E-state index in [1.165, 1.54) is 12.8 Å². The summed E-state index contributed by atoms with van der Waals surface area (Å²) in [5.41, 5.74) is 0. The van der Waals surface area contributed by atoms with Gasteiger partial charge in [-0.15, -0.1) is 11.3 Å². The van der Waals surface area contributed by atoms with Gasteiger partial charge in [0.15, 0.2) is 0 Å². The van der Waals surface area contributed by atoms with Gasteiger partial charge in [0, 0.05) is 19.1 Å². The molecule has 3 rings (SSSR count). The summed E-state index contributed by atoms with van der Waals surface area (Å²) in [4.78, 5) is 7.90. The first kappa shape index (κ1) is 12.8. The Labute approximate surface area is 116 Å². The van der Waals surface area contributed by atoms with Crippen LogP contribution in [-0.2, 0) is 6.54 Å². The summed E-state index contributed by atoms with van der Waals surface area (Å²) in [6.07, 6.45) is 2.37. The number of thiophene rings is 1. The third-order valence-electron chi connectivity index (χ3n) is 3.56. The summed E-state index contributed by atoms with van der Waals surface area (Å²) in [7, 11) is 2.03. The highest BCUT2D eigenvalue weighted by atomic mass is 32.1. The lowest BCUT2D eigenvalue weighted by Crippen LogP contribution is -2.40. The number of hydrogen-bond acceptors (Lipinski definition) is 6. The molecule has 0 amide bonds. The first-order chi connectivity index (χ1) is 9.35. The molecule has 0 atom stereocenters. The van der Waals surface area contributed by atoms with Gasteiger partial charge in [0.2, 0.25) is 11.7 Å². The van der Waals surface area contributed by atoms with Crippen molar-refractivity contribution < 1.29 is 4.52 Å². The fraction of sp³-hybridized carbons (Fsp3) is 0.538. The number of nitrogens with one attached hydrogen (secondary N) is 1. The van der Waals surface area contributed by atoms with Gasteiger partial charge in [-0.1, -0.05) is 11.2 Å². The van der Waals surface area contributed by atoms with Gasteiger partial charge in [-0.25, -0.2) is 0 Å². The molecule has 3 heterocycles. The van der Waals surface area contributed by atoms with E-state index in [0.717, 1.165) is 24.5 Å². The number of hydrogen-bond donors (Lipinski definition) is 1. The monoisotopic (exact) mass is 278 g/mol. The molecule has 0 radical (unpaired) electrons. The maximum absolute atomic E-state index is 5.33. The van der Waals surface area contributed by atoms with Crippen molar-refractivity contribution in [3.63, 3.8) is 0 Å². The fourth-order valence-corrected chi connectivity index (χ4v) is 3.05. The summed E-state index contributed by atoms with van der Waals surface area (Å²) >= 11 is 1.63. The highest BCUT2D eigenvalue weighted by Crippen LogP contribution is 2.22. The first-order valence-corrected chi connectivity index (χ1v) is 7.49.